The van der Waals surface area contributed by atoms with Crippen LogP contribution >= 0.6 is 0 Å². The van der Waals surface area contributed by atoms with Crippen LogP contribution in [0.3, 0.4) is 0 Å². The average molecular weight is 511 g/mol. The van der Waals surface area contributed by atoms with Crippen LogP contribution in [0.5, 0.6) is 0 Å². The molecule has 3 aliphatic rings. The molecule has 7 nitrogen and oxygen atoms in total. The molecule has 1 fully saturated rings. The second-order valence-corrected chi connectivity index (χ2v) is 11.9. The Balaban J connectivity index is 1.40. The molecule has 4 aromatic rings. The molecule has 1 saturated carbocycles. The Kier molecular flexibility index (Phi) is 6.12. The maximum absolute atomic E-state index is 14.1. The van der Waals surface area contributed by atoms with Gasteiger partial charge in [-0.05, 0) is 73.3 Å². The second-order valence-electron chi connectivity index (χ2n) is 11.9. The summed E-state index contributed by atoms with van der Waals surface area (Å²) in [5.41, 5.74) is 6.76. The van der Waals surface area contributed by atoms with Crippen molar-refractivity contribution in [2.45, 2.75) is 90.1 Å². The van der Waals surface area contributed by atoms with Gasteiger partial charge in [0.25, 0.3) is 5.56 Å². The maximum atomic E-state index is 14.1. The molecule has 1 N–H and O–H groups in total. The molecule has 2 aliphatic heterocycles. The van der Waals surface area contributed by atoms with Gasteiger partial charge in [-0.3, -0.25) is 9.48 Å². The molecular weight excluding hydrogens is 472 g/mol. The van der Waals surface area contributed by atoms with Crippen molar-refractivity contribution in [2.75, 3.05) is 0 Å². The van der Waals surface area contributed by atoms with Crippen molar-refractivity contribution in [1.29, 1.82) is 0 Å². The standard InChI is InChI=1S/C31H38N6O/c1-5-6-11-27-26(29(38)37-30(4)16-18-31(19-17-30,21(2)3)36(27)37)20-22-12-14-23(15-13-22)24-9-7-8-10-25(24)28-32-34-35-33-28/h7-10,12-15,21H,5-6,11,16-20H2,1-4H3,(H,32,33,34,35). The van der Waals surface area contributed by atoms with Crippen LogP contribution in [0.4, 0.5) is 0 Å². The predicted octanol–water partition coefficient (Wildman–Crippen LogP) is 6.08. The molecule has 4 heterocycles. The Hall–Kier alpha value is -3.48. The number of H-pyrrole nitrogens is 1. The molecule has 7 rings (SSSR count). The van der Waals surface area contributed by atoms with Crippen LogP contribution in [0.15, 0.2) is 53.3 Å². The van der Waals surface area contributed by atoms with E-state index in [2.05, 4.69) is 88.0 Å². The Bertz CT molecular complexity index is 1480. The lowest BCUT2D eigenvalue weighted by Gasteiger charge is -2.56. The van der Waals surface area contributed by atoms with Gasteiger partial charge in [0.2, 0.25) is 5.82 Å². The number of tetrazole rings is 1. The van der Waals surface area contributed by atoms with Crippen LogP contribution in [0, 0.1) is 5.92 Å². The van der Waals surface area contributed by atoms with Gasteiger partial charge in [0.1, 0.15) is 0 Å². The minimum absolute atomic E-state index is 0.0565. The molecule has 2 bridgehead atoms. The molecular formula is C31H38N6O. The highest BCUT2D eigenvalue weighted by Crippen LogP contribution is 2.52. The summed E-state index contributed by atoms with van der Waals surface area (Å²) < 4.78 is 4.70. The molecule has 0 saturated heterocycles. The van der Waals surface area contributed by atoms with E-state index >= 15 is 0 Å². The highest BCUT2D eigenvalue weighted by atomic mass is 16.1. The molecule has 0 radical (unpaired) electrons. The molecule has 38 heavy (non-hydrogen) atoms. The molecule has 0 amide bonds. The lowest BCUT2D eigenvalue weighted by molar-refractivity contribution is -0.0420. The van der Waals surface area contributed by atoms with Crippen LogP contribution in [0.25, 0.3) is 22.5 Å². The number of aromatic amines is 1. The monoisotopic (exact) mass is 510 g/mol. The topological polar surface area (TPSA) is 81.4 Å². The van der Waals surface area contributed by atoms with E-state index in [0.29, 0.717) is 18.2 Å². The van der Waals surface area contributed by atoms with Crippen molar-refractivity contribution < 1.29 is 0 Å². The molecule has 198 valence electrons. The van der Waals surface area contributed by atoms with E-state index < -0.39 is 0 Å². The largest absolute Gasteiger partial charge is 0.279 e. The van der Waals surface area contributed by atoms with Crippen molar-refractivity contribution in [1.82, 2.24) is 30.0 Å². The van der Waals surface area contributed by atoms with Gasteiger partial charge < -0.3 is 0 Å². The minimum atomic E-state index is -0.0737. The first-order valence-corrected chi connectivity index (χ1v) is 14.2. The smallest absolute Gasteiger partial charge is 0.271 e. The molecule has 2 aromatic heterocycles. The van der Waals surface area contributed by atoms with E-state index in [-0.39, 0.29) is 16.6 Å². The second kappa shape index (κ2) is 9.37. The fourth-order valence-corrected chi connectivity index (χ4v) is 7.00. The van der Waals surface area contributed by atoms with Gasteiger partial charge in [-0.25, -0.2) is 4.68 Å². The predicted molar refractivity (Wildman–Crippen MR) is 150 cm³/mol. The van der Waals surface area contributed by atoms with Gasteiger partial charge in [-0.15, -0.1) is 10.2 Å². The zero-order chi connectivity index (χ0) is 26.5. The zero-order valence-electron chi connectivity index (χ0n) is 23.0. The summed E-state index contributed by atoms with van der Waals surface area (Å²) in [5, 5.41) is 14.6. The van der Waals surface area contributed by atoms with E-state index in [0.717, 1.165) is 54.4 Å². The summed E-state index contributed by atoms with van der Waals surface area (Å²) in [6.07, 6.45) is 8.39. The summed E-state index contributed by atoms with van der Waals surface area (Å²) in [5.74, 6) is 1.08. The summed E-state index contributed by atoms with van der Waals surface area (Å²) >= 11 is 0. The fraction of sp³-hybridized carbons (Fsp3) is 0.484. The first-order valence-electron chi connectivity index (χ1n) is 14.2. The lowest BCUT2D eigenvalue weighted by atomic mass is 9.66. The van der Waals surface area contributed by atoms with Gasteiger partial charge in [0, 0.05) is 23.2 Å². The van der Waals surface area contributed by atoms with E-state index in [4.69, 9.17) is 0 Å². The van der Waals surface area contributed by atoms with Gasteiger partial charge in [0.05, 0.1) is 11.1 Å². The van der Waals surface area contributed by atoms with Crippen LogP contribution in [-0.2, 0) is 23.9 Å². The van der Waals surface area contributed by atoms with Crippen molar-refractivity contribution in [3.05, 3.63) is 75.7 Å². The van der Waals surface area contributed by atoms with Crippen LogP contribution in [0.2, 0.25) is 0 Å². The molecule has 0 unspecified atom stereocenters. The van der Waals surface area contributed by atoms with Crippen molar-refractivity contribution in [2.24, 2.45) is 5.92 Å². The van der Waals surface area contributed by atoms with Crippen LogP contribution in [0.1, 0.15) is 83.0 Å². The van der Waals surface area contributed by atoms with Crippen LogP contribution in [-0.4, -0.2) is 30.0 Å². The Morgan fingerprint density at radius 3 is 2.32 bits per heavy atom. The van der Waals surface area contributed by atoms with E-state index in [1.165, 1.54) is 24.1 Å². The third kappa shape index (κ3) is 3.77. The first kappa shape index (κ1) is 24.8. The average Bonchev–Trinajstić information content (AvgIpc) is 3.57. The zero-order valence-corrected chi connectivity index (χ0v) is 23.0. The summed E-state index contributed by atoms with van der Waals surface area (Å²) in [7, 11) is 0. The van der Waals surface area contributed by atoms with E-state index in [1.54, 1.807) is 0 Å². The quantitative estimate of drug-likeness (QED) is 0.311. The summed E-state index contributed by atoms with van der Waals surface area (Å²) in [4.78, 5) is 14.1. The number of rotatable bonds is 8. The van der Waals surface area contributed by atoms with Crippen molar-refractivity contribution in [3.8, 4) is 22.5 Å². The highest BCUT2D eigenvalue weighted by Gasteiger charge is 2.53. The minimum Gasteiger partial charge on any atom is -0.279 e. The molecule has 1 aliphatic carbocycles. The maximum Gasteiger partial charge on any atom is 0.271 e. The number of nitrogens with zero attached hydrogens (tertiary/aromatic N) is 5. The van der Waals surface area contributed by atoms with Crippen molar-refractivity contribution >= 4 is 0 Å². The number of fused-ring (bicyclic) bond motifs is 2. The van der Waals surface area contributed by atoms with Gasteiger partial charge >= 0.3 is 0 Å². The van der Waals surface area contributed by atoms with Gasteiger partial charge in [-0.1, -0.05) is 75.7 Å². The molecule has 0 spiro atoms. The Morgan fingerprint density at radius 2 is 1.68 bits per heavy atom. The van der Waals surface area contributed by atoms with Crippen molar-refractivity contribution in [3.63, 3.8) is 0 Å². The van der Waals surface area contributed by atoms with E-state index in [9.17, 15) is 4.79 Å². The van der Waals surface area contributed by atoms with E-state index in [1.807, 2.05) is 18.2 Å². The molecule has 0 atom stereocenters. The SMILES string of the molecule is CCCCc1c(Cc2ccc(-c3ccccc3-c3nn[nH]n3)cc2)c(=O)n2n1C1(C(C)C)CCC2(C)CC1. The third-order valence-corrected chi connectivity index (χ3v) is 9.38. The van der Waals surface area contributed by atoms with Crippen LogP contribution < -0.4 is 5.56 Å². The number of nitrogens with one attached hydrogen (secondary N) is 1. The summed E-state index contributed by atoms with van der Waals surface area (Å²) in [6.45, 7) is 9.23. The number of hydrogen-bond acceptors (Lipinski definition) is 4. The number of aromatic nitrogens is 6. The number of hydrogen-bond donors (Lipinski definition) is 1. The first-order chi connectivity index (χ1) is 18.4. The number of unbranched alkanes of at least 4 members (excludes halogenated alkanes) is 1. The van der Waals surface area contributed by atoms with Gasteiger partial charge in [0.15, 0.2) is 0 Å². The Morgan fingerprint density at radius 1 is 0.974 bits per heavy atom. The lowest BCUT2D eigenvalue weighted by Crippen LogP contribution is -2.60. The van der Waals surface area contributed by atoms with Gasteiger partial charge in [-0.2, -0.15) is 5.21 Å². The number of benzene rings is 2. The Labute approximate surface area is 224 Å². The highest BCUT2D eigenvalue weighted by molar-refractivity contribution is 5.80. The molecule has 2 aromatic carbocycles. The third-order valence-electron chi connectivity index (χ3n) is 9.38. The molecule has 7 heteroatoms. The fourth-order valence-electron chi connectivity index (χ4n) is 7.00. The summed E-state index contributed by atoms with van der Waals surface area (Å²) in [6, 6.07) is 16.7. The normalized spacial score (nSPS) is 22.2.